The van der Waals surface area contributed by atoms with Crippen LogP contribution in [0.3, 0.4) is 0 Å². The summed E-state index contributed by atoms with van der Waals surface area (Å²) in [5, 5.41) is 12.1. The molecule has 0 fully saturated rings. The van der Waals surface area contributed by atoms with Crippen LogP contribution in [-0.2, 0) is 17.3 Å². The lowest BCUT2D eigenvalue weighted by Crippen LogP contribution is -2.22. The number of hydrogen-bond donors (Lipinski definition) is 2. The first-order chi connectivity index (χ1) is 7.63. The van der Waals surface area contributed by atoms with E-state index in [1.165, 1.54) is 5.56 Å². The van der Waals surface area contributed by atoms with Gasteiger partial charge in [-0.2, -0.15) is 0 Å². The second-order valence-electron chi connectivity index (χ2n) is 4.02. The third-order valence-corrected chi connectivity index (χ3v) is 3.32. The lowest BCUT2D eigenvalue weighted by molar-refractivity contribution is 0.233. The summed E-state index contributed by atoms with van der Waals surface area (Å²) in [6, 6.07) is 7.74. The largest absolute Gasteiger partial charge is 0.396 e. The summed E-state index contributed by atoms with van der Waals surface area (Å²) in [7, 11) is -0.905. The van der Waals surface area contributed by atoms with Crippen LogP contribution in [0.15, 0.2) is 29.2 Å². The van der Waals surface area contributed by atoms with Gasteiger partial charge in [0.05, 0.1) is 0 Å². The molecule has 1 aromatic rings. The Morgan fingerprint density at radius 2 is 2.00 bits per heavy atom. The van der Waals surface area contributed by atoms with Gasteiger partial charge in [-0.3, -0.25) is 4.21 Å². The van der Waals surface area contributed by atoms with E-state index in [4.69, 9.17) is 5.11 Å². The molecule has 0 spiro atoms. The van der Waals surface area contributed by atoms with Gasteiger partial charge < -0.3 is 10.4 Å². The number of nitrogens with one attached hydrogen (secondary N) is 1. The number of hydrogen-bond acceptors (Lipinski definition) is 3. The molecule has 0 aliphatic carbocycles. The van der Waals surface area contributed by atoms with Crippen molar-refractivity contribution < 1.29 is 9.32 Å². The summed E-state index contributed by atoms with van der Waals surface area (Å²) in [5.74, 6) is 0.280. The lowest BCUT2D eigenvalue weighted by Gasteiger charge is -2.09. The smallest absolute Gasteiger partial charge is 0.0498 e. The third-order valence-electron chi connectivity index (χ3n) is 2.39. The molecule has 0 aliphatic heterocycles. The van der Waals surface area contributed by atoms with Crippen molar-refractivity contribution in [3.8, 4) is 0 Å². The highest BCUT2D eigenvalue weighted by Crippen LogP contribution is 2.07. The average molecular weight is 241 g/mol. The summed E-state index contributed by atoms with van der Waals surface area (Å²) in [6.45, 7) is 3.79. The van der Waals surface area contributed by atoms with Crippen molar-refractivity contribution in [2.75, 3.05) is 19.4 Å². The summed E-state index contributed by atoms with van der Waals surface area (Å²) < 4.78 is 11.2. The van der Waals surface area contributed by atoms with Crippen LogP contribution < -0.4 is 5.32 Å². The van der Waals surface area contributed by atoms with Crippen molar-refractivity contribution in [3.63, 3.8) is 0 Å². The van der Waals surface area contributed by atoms with Gasteiger partial charge in [-0.05, 0) is 23.6 Å². The second kappa shape index (κ2) is 6.78. The maximum atomic E-state index is 11.2. The molecule has 3 nitrogen and oxygen atoms in total. The van der Waals surface area contributed by atoms with Crippen LogP contribution in [0.4, 0.5) is 0 Å². The third kappa shape index (κ3) is 4.43. The Bertz CT molecular complexity index is 337. The molecule has 0 bridgehead atoms. The van der Waals surface area contributed by atoms with Crippen LogP contribution in [0.1, 0.15) is 12.5 Å². The minimum absolute atomic E-state index is 0.209. The Labute approximate surface area is 99.3 Å². The first-order valence-corrected chi connectivity index (χ1v) is 6.93. The Morgan fingerprint density at radius 3 is 2.50 bits per heavy atom. The maximum Gasteiger partial charge on any atom is 0.0498 e. The quantitative estimate of drug-likeness (QED) is 0.785. The molecule has 0 heterocycles. The van der Waals surface area contributed by atoms with Gasteiger partial charge in [-0.15, -0.1) is 0 Å². The highest BCUT2D eigenvalue weighted by atomic mass is 32.2. The van der Waals surface area contributed by atoms with Gasteiger partial charge in [0.25, 0.3) is 0 Å². The van der Waals surface area contributed by atoms with Gasteiger partial charge >= 0.3 is 0 Å². The second-order valence-corrected chi connectivity index (χ2v) is 5.40. The van der Waals surface area contributed by atoms with Crippen LogP contribution in [0.5, 0.6) is 0 Å². The van der Waals surface area contributed by atoms with Crippen LogP contribution in [0.2, 0.25) is 0 Å². The van der Waals surface area contributed by atoms with E-state index in [-0.39, 0.29) is 12.5 Å². The number of aliphatic hydroxyl groups is 1. The minimum atomic E-state index is -0.905. The molecule has 2 N–H and O–H groups in total. The Balaban J connectivity index is 2.40. The molecule has 1 rings (SSSR count). The Morgan fingerprint density at radius 1 is 1.38 bits per heavy atom. The van der Waals surface area contributed by atoms with Gasteiger partial charge in [0.2, 0.25) is 0 Å². The van der Waals surface area contributed by atoms with Crippen molar-refractivity contribution in [1.82, 2.24) is 5.32 Å². The van der Waals surface area contributed by atoms with Gasteiger partial charge in [0, 0.05) is 41.6 Å². The summed E-state index contributed by atoms with van der Waals surface area (Å²) in [6.07, 6.45) is 1.68. The summed E-state index contributed by atoms with van der Waals surface area (Å²) in [4.78, 5) is 0.854. The Kier molecular flexibility index (Phi) is 5.66. The molecule has 2 unspecified atom stereocenters. The molecule has 90 valence electrons. The van der Waals surface area contributed by atoms with E-state index in [1.54, 1.807) is 6.26 Å². The lowest BCUT2D eigenvalue weighted by atomic mass is 10.2. The maximum absolute atomic E-state index is 11.2. The van der Waals surface area contributed by atoms with Crippen molar-refractivity contribution in [3.05, 3.63) is 29.8 Å². The number of rotatable bonds is 6. The monoisotopic (exact) mass is 241 g/mol. The molecule has 2 atom stereocenters. The van der Waals surface area contributed by atoms with Crippen molar-refractivity contribution in [2.24, 2.45) is 5.92 Å². The van der Waals surface area contributed by atoms with Crippen LogP contribution in [0.25, 0.3) is 0 Å². The molecule has 0 saturated carbocycles. The van der Waals surface area contributed by atoms with E-state index >= 15 is 0 Å². The van der Waals surface area contributed by atoms with Crippen LogP contribution in [-0.4, -0.2) is 28.7 Å². The van der Waals surface area contributed by atoms with Crippen LogP contribution in [0, 0.1) is 5.92 Å². The predicted octanol–water partition coefficient (Wildman–Crippen LogP) is 1.14. The normalized spacial score (nSPS) is 14.7. The molecule has 4 heteroatoms. The number of benzene rings is 1. The molecule has 0 aliphatic rings. The first-order valence-electron chi connectivity index (χ1n) is 5.37. The first kappa shape index (κ1) is 13.4. The predicted molar refractivity (Wildman–Crippen MR) is 66.7 cm³/mol. The van der Waals surface area contributed by atoms with Gasteiger partial charge in [-0.25, -0.2) is 0 Å². The minimum Gasteiger partial charge on any atom is -0.396 e. The molecule has 0 aromatic heterocycles. The van der Waals surface area contributed by atoms with Crippen molar-refractivity contribution in [1.29, 1.82) is 0 Å². The van der Waals surface area contributed by atoms with Gasteiger partial charge in [0.1, 0.15) is 0 Å². The molecular formula is C12H19NO2S. The van der Waals surface area contributed by atoms with E-state index in [9.17, 15) is 4.21 Å². The van der Waals surface area contributed by atoms with E-state index in [0.717, 1.165) is 18.0 Å². The van der Waals surface area contributed by atoms with Crippen molar-refractivity contribution in [2.45, 2.75) is 18.4 Å². The molecule has 1 aromatic carbocycles. The molecule has 0 saturated heterocycles. The fraction of sp³-hybridized carbons (Fsp3) is 0.500. The van der Waals surface area contributed by atoms with E-state index < -0.39 is 10.8 Å². The zero-order valence-electron chi connectivity index (χ0n) is 9.77. The van der Waals surface area contributed by atoms with E-state index in [0.29, 0.717) is 0 Å². The standard InChI is InChI=1S/C12H19NO2S/c1-10(9-14)7-13-8-11-3-5-12(6-4-11)16(2)15/h3-6,10,13-14H,7-9H2,1-2H3. The average Bonchev–Trinajstić information content (AvgIpc) is 2.29. The fourth-order valence-electron chi connectivity index (χ4n) is 1.33. The highest BCUT2D eigenvalue weighted by Gasteiger charge is 2.00. The number of aliphatic hydroxyl groups excluding tert-OH is 1. The molecular weight excluding hydrogens is 222 g/mol. The van der Waals surface area contributed by atoms with Gasteiger partial charge in [0.15, 0.2) is 0 Å². The van der Waals surface area contributed by atoms with Crippen molar-refractivity contribution >= 4 is 10.8 Å². The summed E-state index contributed by atoms with van der Waals surface area (Å²) in [5.41, 5.74) is 1.17. The zero-order chi connectivity index (χ0) is 12.0. The Hall–Kier alpha value is -0.710. The molecule has 0 amide bonds. The van der Waals surface area contributed by atoms with Gasteiger partial charge in [-0.1, -0.05) is 19.1 Å². The van der Waals surface area contributed by atoms with E-state index in [1.807, 2.05) is 31.2 Å². The van der Waals surface area contributed by atoms with E-state index in [2.05, 4.69) is 5.32 Å². The summed E-state index contributed by atoms with van der Waals surface area (Å²) >= 11 is 0. The SMILES string of the molecule is CC(CO)CNCc1ccc(S(C)=O)cc1. The molecule has 16 heavy (non-hydrogen) atoms. The highest BCUT2D eigenvalue weighted by molar-refractivity contribution is 7.84. The zero-order valence-corrected chi connectivity index (χ0v) is 10.6. The molecule has 0 radical (unpaired) electrons. The van der Waals surface area contributed by atoms with Crippen LogP contribution >= 0.6 is 0 Å². The fourth-order valence-corrected chi connectivity index (χ4v) is 1.85. The topological polar surface area (TPSA) is 49.3 Å².